The van der Waals surface area contributed by atoms with Crippen molar-refractivity contribution in [2.24, 2.45) is 0 Å². The number of carbonyl (C=O) groups is 1. The number of hydrogen-bond acceptors (Lipinski definition) is 11. The molecule has 1 fully saturated rings. The third-order valence-electron chi connectivity index (χ3n) is 13.8. The number of rotatable bonds is 48. The molecule has 0 saturated heterocycles. The molecular formula is C55H106NO12P. The van der Waals surface area contributed by atoms with Crippen LogP contribution in [0.25, 0.3) is 0 Å². The summed E-state index contributed by atoms with van der Waals surface area (Å²) in [6.45, 7) is 3.78. The molecule has 0 aromatic rings. The zero-order chi connectivity index (χ0) is 50.8. The molecule has 69 heavy (non-hydrogen) atoms. The molecule has 0 aromatic heterocycles. The molecule has 8 atom stereocenters. The molecule has 1 rings (SSSR count). The maximum absolute atomic E-state index is 13.1. The van der Waals surface area contributed by atoms with E-state index >= 15 is 0 Å². The second-order valence-electron chi connectivity index (χ2n) is 20.3. The Labute approximate surface area is 420 Å². The van der Waals surface area contributed by atoms with E-state index in [0.717, 1.165) is 64.2 Å². The van der Waals surface area contributed by atoms with Crippen LogP contribution in [0.15, 0.2) is 24.3 Å². The normalized spacial score (nSPS) is 22.1. The molecule has 0 heterocycles. The first-order valence-electron chi connectivity index (χ1n) is 28.4. The van der Waals surface area contributed by atoms with E-state index in [-0.39, 0.29) is 6.42 Å². The summed E-state index contributed by atoms with van der Waals surface area (Å²) in [6.07, 6.45) is 38.3. The maximum Gasteiger partial charge on any atom is 0.472 e. The van der Waals surface area contributed by atoms with Crippen molar-refractivity contribution in [2.75, 3.05) is 6.61 Å². The first kappa shape index (κ1) is 65.8. The lowest BCUT2D eigenvalue weighted by molar-refractivity contribution is -0.220. The minimum absolute atomic E-state index is 0.248. The van der Waals surface area contributed by atoms with Crippen LogP contribution in [0.3, 0.4) is 0 Å². The number of phosphoric acid groups is 1. The highest BCUT2D eigenvalue weighted by Gasteiger charge is 2.51. The molecule has 1 saturated carbocycles. The predicted octanol–water partition coefficient (Wildman–Crippen LogP) is 11.5. The molecule has 8 unspecified atom stereocenters. The Balaban J connectivity index is 2.44. The van der Waals surface area contributed by atoms with Gasteiger partial charge in [-0.05, 0) is 44.9 Å². The summed E-state index contributed by atoms with van der Waals surface area (Å²) in [5.74, 6) is -0.594. The fourth-order valence-electron chi connectivity index (χ4n) is 9.18. The number of amides is 1. The van der Waals surface area contributed by atoms with Gasteiger partial charge in [0, 0.05) is 0 Å². The van der Waals surface area contributed by atoms with Gasteiger partial charge in [-0.25, -0.2) is 4.57 Å². The van der Waals surface area contributed by atoms with E-state index < -0.39 is 75.2 Å². The molecule has 1 amide bonds. The molecule has 0 spiro atoms. The molecule has 9 N–H and O–H groups in total. The topological polar surface area (TPSA) is 226 Å². The summed E-state index contributed by atoms with van der Waals surface area (Å²) < 4.78 is 23.0. The van der Waals surface area contributed by atoms with Crippen molar-refractivity contribution in [3.63, 3.8) is 0 Å². The molecule has 0 aromatic carbocycles. The highest BCUT2D eigenvalue weighted by atomic mass is 31.2. The Bertz CT molecular complexity index is 1270. The van der Waals surface area contributed by atoms with Crippen molar-refractivity contribution in [1.82, 2.24) is 5.32 Å². The number of hydrogen-bond donors (Lipinski definition) is 9. The average molecular weight is 1000 g/mol. The smallest absolute Gasteiger partial charge is 0.393 e. The lowest BCUT2D eigenvalue weighted by Crippen LogP contribution is -2.64. The van der Waals surface area contributed by atoms with Crippen molar-refractivity contribution in [2.45, 2.75) is 313 Å². The van der Waals surface area contributed by atoms with E-state index in [9.17, 15) is 50.0 Å². The van der Waals surface area contributed by atoms with Gasteiger partial charge in [-0.2, -0.15) is 0 Å². The Morgan fingerprint density at radius 2 is 0.841 bits per heavy atom. The minimum Gasteiger partial charge on any atom is -0.393 e. The number of nitrogens with one attached hydrogen (secondary N) is 1. The lowest BCUT2D eigenvalue weighted by Gasteiger charge is -2.41. The summed E-state index contributed by atoms with van der Waals surface area (Å²) in [5, 5.41) is 74.8. The number of allylic oxidation sites excluding steroid dienone is 3. The van der Waals surface area contributed by atoms with Gasteiger partial charge in [-0.3, -0.25) is 13.8 Å². The number of carbonyl (C=O) groups excluding carboxylic acids is 1. The van der Waals surface area contributed by atoms with Crippen molar-refractivity contribution in [1.29, 1.82) is 0 Å². The lowest BCUT2D eigenvalue weighted by atomic mass is 9.85. The predicted molar refractivity (Wildman–Crippen MR) is 280 cm³/mol. The summed E-state index contributed by atoms with van der Waals surface area (Å²) >= 11 is 0. The van der Waals surface area contributed by atoms with Crippen LogP contribution in [0.2, 0.25) is 0 Å². The first-order chi connectivity index (χ1) is 33.3. The van der Waals surface area contributed by atoms with Crippen molar-refractivity contribution in [3.05, 3.63) is 24.3 Å². The van der Waals surface area contributed by atoms with Gasteiger partial charge in [0.25, 0.3) is 0 Å². The SMILES string of the molecule is CCCCCCCCCCC/C=C\CCCCCCCC(O)CC(=O)NC(COP(=O)(O)OC1C(O)C(O)C(O)C(O)C1O)C(O)/C=C/CCCCCCCCCCCCCCCCCCCCC. The molecule has 0 radical (unpaired) electrons. The molecule has 1 aliphatic rings. The van der Waals surface area contributed by atoms with Gasteiger partial charge >= 0.3 is 7.82 Å². The average Bonchev–Trinajstić information content (AvgIpc) is 3.32. The van der Waals surface area contributed by atoms with Gasteiger partial charge < -0.3 is 46.0 Å². The van der Waals surface area contributed by atoms with Gasteiger partial charge in [0.15, 0.2) is 0 Å². The van der Waals surface area contributed by atoms with Gasteiger partial charge in [0.1, 0.15) is 36.6 Å². The second kappa shape index (κ2) is 44.3. The van der Waals surface area contributed by atoms with Gasteiger partial charge in [0.05, 0.1) is 31.3 Å². The monoisotopic (exact) mass is 1000 g/mol. The van der Waals surface area contributed by atoms with Crippen molar-refractivity contribution < 1.29 is 59.0 Å². The Morgan fingerprint density at radius 1 is 0.507 bits per heavy atom. The molecule has 0 bridgehead atoms. The van der Waals surface area contributed by atoms with Crippen LogP contribution < -0.4 is 5.32 Å². The number of aliphatic hydroxyl groups excluding tert-OH is 7. The number of aliphatic hydroxyl groups is 7. The van der Waals surface area contributed by atoms with Crippen LogP contribution in [0, 0.1) is 0 Å². The van der Waals surface area contributed by atoms with E-state index in [1.54, 1.807) is 6.08 Å². The Morgan fingerprint density at radius 3 is 1.23 bits per heavy atom. The summed E-state index contributed by atoms with van der Waals surface area (Å²) in [5.41, 5.74) is 0. The van der Waals surface area contributed by atoms with Crippen LogP contribution in [-0.2, 0) is 18.4 Å². The number of phosphoric ester groups is 1. The molecule has 0 aliphatic heterocycles. The third kappa shape index (κ3) is 35.6. The Hall–Kier alpha value is -1.22. The summed E-state index contributed by atoms with van der Waals surface area (Å²) in [6, 6.07) is -1.24. The minimum atomic E-state index is -5.15. The van der Waals surface area contributed by atoms with Gasteiger partial charge in [-0.1, -0.05) is 231 Å². The third-order valence-corrected chi connectivity index (χ3v) is 14.8. The van der Waals surface area contributed by atoms with Crippen LogP contribution in [0.5, 0.6) is 0 Å². The standard InChI is InChI=1S/C55H106NO12P/c1-3-5-7-9-11-13-15-17-19-21-23-24-25-27-29-31-33-35-37-39-41-43-48(58)47(45-67-69(65,66)68-55-53(63)51(61)50(60)52(62)54(55)64)56-49(59)44-46(57)42-40-38-36-34-32-30-28-26-22-20-18-16-14-12-10-8-6-4-2/h26,28,41,43,46-48,50-55,57-58,60-64H,3-25,27,29-40,42,44-45H2,1-2H3,(H,56,59)(H,65,66)/b28-26-,43-41+. The van der Waals surface area contributed by atoms with Crippen LogP contribution in [-0.4, -0.2) is 108 Å². The van der Waals surface area contributed by atoms with Crippen molar-refractivity contribution >= 4 is 13.7 Å². The molecule has 14 heteroatoms. The van der Waals surface area contributed by atoms with E-state index in [0.29, 0.717) is 12.8 Å². The molecule has 408 valence electrons. The fourth-order valence-corrected chi connectivity index (χ4v) is 10.1. The highest BCUT2D eigenvalue weighted by molar-refractivity contribution is 7.47. The Kier molecular flexibility index (Phi) is 42.2. The van der Waals surface area contributed by atoms with Crippen LogP contribution in [0.4, 0.5) is 0 Å². The van der Waals surface area contributed by atoms with Gasteiger partial charge in [-0.15, -0.1) is 0 Å². The van der Waals surface area contributed by atoms with Gasteiger partial charge in [0.2, 0.25) is 5.91 Å². The zero-order valence-corrected chi connectivity index (χ0v) is 44.6. The molecule has 1 aliphatic carbocycles. The first-order valence-corrected chi connectivity index (χ1v) is 29.9. The molecular weight excluding hydrogens is 898 g/mol. The maximum atomic E-state index is 13.1. The van der Waals surface area contributed by atoms with Crippen LogP contribution >= 0.6 is 7.82 Å². The van der Waals surface area contributed by atoms with E-state index in [2.05, 4.69) is 31.3 Å². The second-order valence-corrected chi connectivity index (χ2v) is 21.7. The number of unbranched alkanes of at least 4 members (excludes halogenated alkanes) is 33. The summed E-state index contributed by atoms with van der Waals surface area (Å²) in [7, 11) is -5.15. The van der Waals surface area contributed by atoms with Crippen LogP contribution in [0.1, 0.15) is 258 Å². The summed E-state index contributed by atoms with van der Waals surface area (Å²) in [4.78, 5) is 23.6. The van der Waals surface area contributed by atoms with E-state index in [1.807, 2.05) is 0 Å². The fraction of sp³-hybridized carbons (Fsp3) is 0.909. The quantitative estimate of drug-likeness (QED) is 0.0158. The van der Waals surface area contributed by atoms with E-state index in [1.165, 1.54) is 167 Å². The highest BCUT2D eigenvalue weighted by Crippen LogP contribution is 2.47. The molecule has 13 nitrogen and oxygen atoms in total. The van der Waals surface area contributed by atoms with E-state index in [4.69, 9.17) is 9.05 Å². The zero-order valence-electron chi connectivity index (χ0n) is 43.7. The largest absolute Gasteiger partial charge is 0.472 e. The van der Waals surface area contributed by atoms with Crippen molar-refractivity contribution in [3.8, 4) is 0 Å².